The summed E-state index contributed by atoms with van der Waals surface area (Å²) in [5.74, 6) is -1.50. The molecule has 2 aromatic carbocycles. The zero-order chi connectivity index (χ0) is 26.0. The van der Waals surface area contributed by atoms with Crippen molar-refractivity contribution in [3.63, 3.8) is 0 Å². The molecule has 3 N–H and O–H groups in total. The predicted molar refractivity (Wildman–Crippen MR) is 126 cm³/mol. The largest absolute Gasteiger partial charge is 0.463 e. The summed E-state index contributed by atoms with van der Waals surface area (Å²) in [7, 11) is -2.66. The number of nitrogens with one attached hydrogen (secondary N) is 1. The molecular formula is C22H16Cl2F4N2O5S. The number of hydrogen-bond donors (Lipinski definition) is 3. The number of fused-ring (bicyclic) bond motifs is 1. The van der Waals surface area contributed by atoms with Crippen LogP contribution >= 0.6 is 33.8 Å². The van der Waals surface area contributed by atoms with Crippen molar-refractivity contribution in [2.24, 2.45) is 5.16 Å². The first-order valence-corrected chi connectivity index (χ1v) is 13.0. The Bertz CT molecular complexity index is 1400. The summed E-state index contributed by atoms with van der Waals surface area (Å²) >= 11 is 11.5. The van der Waals surface area contributed by atoms with E-state index in [-0.39, 0.29) is 33.9 Å². The summed E-state index contributed by atoms with van der Waals surface area (Å²) in [6.45, 7) is 0. The molecule has 0 bridgehead atoms. The van der Waals surface area contributed by atoms with E-state index < -0.39 is 62.2 Å². The molecule has 14 heteroatoms. The van der Waals surface area contributed by atoms with Gasteiger partial charge < -0.3 is 14.6 Å². The number of benzene rings is 2. The minimum atomic E-state index is -4.97. The summed E-state index contributed by atoms with van der Waals surface area (Å²) in [4.78, 5) is 17.7. The molecule has 1 aromatic heterocycles. The lowest BCUT2D eigenvalue weighted by Crippen LogP contribution is -2.50. The Morgan fingerprint density at radius 3 is 2.44 bits per heavy atom. The highest BCUT2D eigenvalue weighted by atomic mass is 35.5. The van der Waals surface area contributed by atoms with Crippen LogP contribution in [-0.4, -0.2) is 44.4 Å². The van der Waals surface area contributed by atoms with Gasteiger partial charge in [-0.05, 0) is 24.3 Å². The molecule has 3 aromatic rings. The summed E-state index contributed by atoms with van der Waals surface area (Å²) in [5.41, 5.74) is -3.12. The fraction of sp³-hybridized carbons (Fsp3) is 0.273. The van der Waals surface area contributed by atoms with Crippen LogP contribution in [-0.2, 0) is 10.4 Å². The highest BCUT2D eigenvalue weighted by molar-refractivity contribution is 8.25. The van der Waals surface area contributed by atoms with Crippen LogP contribution in [0.2, 0.25) is 10.0 Å². The number of carbonyl (C=O) groups is 1. The second-order valence-electron chi connectivity index (χ2n) is 8.51. The molecule has 1 unspecified atom stereocenters. The minimum absolute atomic E-state index is 0.0449. The zero-order valence-electron chi connectivity index (χ0n) is 17.9. The van der Waals surface area contributed by atoms with Gasteiger partial charge in [-0.3, -0.25) is 13.9 Å². The molecule has 2 aliphatic rings. The number of amides is 1. The maximum absolute atomic E-state index is 14.3. The van der Waals surface area contributed by atoms with Crippen molar-refractivity contribution in [2.45, 2.75) is 24.2 Å². The predicted octanol–water partition coefficient (Wildman–Crippen LogP) is 6.32. The average molecular weight is 567 g/mol. The molecule has 0 spiro atoms. The molecule has 0 aliphatic carbocycles. The van der Waals surface area contributed by atoms with Crippen molar-refractivity contribution in [1.29, 1.82) is 0 Å². The lowest BCUT2D eigenvalue weighted by atomic mass is 9.86. The normalized spacial score (nSPS) is 22.6. The number of carbonyl (C=O) groups excluding carboxylic acids is 1. The molecule has 1 atom stereocenters. The van der Waals surface area contributed by atoms with E-state index >= 15 is 0 Å². The Balaban J connectivity index is 1.48. The van der Waals surface area contributed by atoms with Crippen LogP contribution in [0.4, 0.5) is 17.6 Å². The third-order valence-corrected chi connectivity index (χ3v) is 8.50. The number of halogens is 6. The van der Waals surface area contributed by atoms with E-state index in [0.717, 1.165) is 12.1 Å². The molecule has 1 amide bonds. The van der Waals surface area contributed by atoms with Crippen LogP contribution in [0.15, 0.2) is 46.2 Å². The van der Waals surface area contributed by atoms with Gasteiger partial charge in [-0.2, -0.15) is 23.8 Å². The van der Waals surface area contributed by atoms with Crippen LogP contribution < -0.4 is 5.32 Å². The van der Waals surface area contributed by atoms with Crippen LogP contribution in [0.1, 0.15) is 27.9 Å². The van der Waals surface area contributed by atoms with Gasteiger partial charge in [0.25, 0.3) is 11.5 Å². The van der Waals surface area contributed by atoms with Crippen molar-refractivity contribution in [1.82, 2.24) is 5.32 Å². The first-order chi connectivity index (χ1) is 16.8. The van der Waals surface area contributed by atoms with Crippen LogP contribution in [0.25, 0.3) is 11.0 Å². The van der Waals surface area contributed by atoms with Gasteiger partial charge in [0.1, 0.15) is 5.58 Å². The van der Waals surface area contributed by atoms with Crippen molar-refractivity contribution in [3.05, 3.63) is 69.1 Å². The lowest BCUT2D eigenvalue weighted by molar-refractivity contribution is -0.275. The van der Waals surface area contributed by atoms with Gasteiger partial charge in [-0.25, -0.2) is 4.39 Å². The van der Waals surface area contributed by atoms with E-state index in [0.29, 0.717) is 5.39 Å². The van der Waals surface area contributed by atoms with Gasteiger partial charge in [-0.1, -0.05) is 34.4 Å². The number of nitrogens with zero attached hydrogens (tertiary/aromatic N) is 1. The summed E-state index contributed by atoms with van der Waals surface area (Å²) in [6.07, 6.45) is -4.48. The Morgan fingerprint density at radius 2 is 1.83 bits per heavy atom. The maximum Gasteiger partial charge on any atom is 0.435 e. The molecule has 192 valence electrons. The average Bonchev–Trinajstić information content (AvgIpc) is 3.43. The van der Waals surface area contributed by atoms with Crippen molar-refractivity contribution in [2.75, 3.05) is 11.5 Å². The number of rotatable bonds is 4. The Kier molecular flexibility index (Phi) is 5.95. The van der Waals surface area contributed by atoms with Crippen molar-refractivity contribution in [3.8, 4) is 0 Å². The molecule has 2 aliphatic heterocycles. The highest BCUT2D eigenvalue weighted by Gasteiger charge is 2.62. The van der Waals surface area contributed by atoms with E-state index in [1.165, 1.54) is 24.5 Å². The van der Waals surface area contributed by atoms with Crippen LogP contribution in [0.5, 0.6) is 0 Å². The fourth-order valence-corrected chi connectivity index (χ4v) is 6.12. The highest BCUT2D eigenvalue weighted by Crippen LogP contribution is 2.51. The number of furan rings is 1. The summed E-state index contributed by atoms with van der Waals surface area (Å²) < 4.78 is 81.3. The molecule has 36 heavy (non-hydrogen) atoms. The zero-order valence-corrected chi connectivity index (χ0v) is 20.2. The third-order valence-electron chi connectivity index (χ3n) is 6.08. The van der Waals surface area contributed by atoms with E-state index in [1.807, 2.05) is 0 Å². The van der Waals surface area contributed by atoms with E-state index in [4.69, 9.17) is 32.5 Å². The number of hydrogen-bond acceptors (Lipinski definition) is 6. The topological polar surface area (TPSA) is 104 Å². The number of oxime groups is 1. The molecule has 1 saturated heterocycles. The van der Waals surface area contributed by atoms with Gasteiger partial charge in [0.05, 0.1) is 45.1 Å². The second-order valence-corrected chi connectivity index (χ2v) is 11.6. The van der Waals surface area contributed by atoms with E-state index in [9.17, 15) is 31.5 Å². The first-order valence-electron chi connectivity index (χ1n) is 10.3. The molecule has 1 fully saturated rings. The first kappa shape index (κ1) is 25.2. The summed E-state index contributed by atoms with van der Waals surface area (Å²) in [5, 5.41) is 5.49. The lowest BCUT2D eigenvalue weighted by Gasteiger charge is -2.47. The molecular weight excluding hydrogens is 551 g/mol. The SMILES string of the molecule is O=C(NC1CS(O)(O)C1)c1ccc(C2=NOC(c3cc(Cl)c(F)c(Cl)c3)(C(F)(F)F)C2)c2ccoc12. The Morgan fingerprint density at radius 1 is 1.17 bits per heavy atom. The standard InChI is InChI=1S/C22H16Cl2F4N2O5S/c23-15-5-10(6-16(24)18(15)25)21(22(26,27)28)7-17(30-35-21)12-1-2-14(19-13(12)3-4-34-19)20(31)29-11-8-36(32,33)9-11/h1-6,11,32-33H,7-9H2,(H,29,31). The quantitative estimate of drug-likeness (QED) is 0.253. The molecule has 0 saturated carbocycles. The van der Waals surface area contributed by atoms with Crippen molar-refractivity contribution < 1.29 is 40.7 Å². The molecule has 7 nitrogen and oxygen atoms in total. The van der Waals surface area contributed by atoms with Gasteiger partial charge in [0.15, 0.2) is 5.82 Å². The van der Waals surface area contributed by atoms with Gasteiger partial charge in [-0.15, -0.1) is 0 Å². The van der Waals surface area contributed by atoms with Gasteiger partial charge in [0, 0.05) is 22.9 Å². The molecule has 5 rings (SSSR count). The van der Waals surface area contributed by atoms with Crippen molar-refractivity contribution >= 4 is 56.4 Å². The second kappa shape index (κ2) is 8.52. The Labute approximate surface area is 212 Å². The van der Waals surface area contributed by atoms with E-state index in [1.54, 1.807) is 0 Å². The smallest absolute Gasteiger partial charge is 0.435 e. The number of alkyl halides is 3. The third kappa shape index (κ3) is 4.10. The maximum atomic E-state index is 14.3. The summed E-state index contributed by atoms with van der Waals surface area (Å²) in [6, 6.07) is 5.44. The fourth-order valence-electron chi connectivity index (χ4n) is 4.27. The van der Waals surface area contributed by atoms with Gasteiger partial charge >= 0.3 is 6.18 Å². The Hall–Kier alpha value is -2.51. The minimum Gasteiger partial charge on any atom is -0.463 e. The van der Waals surface area contributed by atoms with E-state index in [2.05, 4.69) is 10.5 Å². The van der Waals surface area contributed by atoms with Gasteiger partial charge in [0.2, 0.25) is 0 Å². The monoisotopic (exact) mass is 566 g/mol. The molecule has 0 radical (unpaired) electrons. The van der Waals surface area contributed by atoms with Crippen LogP contribution in [0.3, 0.4) is 0 Å². The van der Waals surface area contributed by atoms with Crippen LogP contribution in [0, 0.1) is 5.82 Å². The molecule has 3 heterocycles.